The Morgan fingerprint density at radius 3 is 2.50 bits per heavy atom. The Morgan fingerprint density at radius 2 is 1.85 bits per heavy atom. The van der Waals surface area contributed by atoms with E-state index in [2.05, 4.69) is 21.2 Å². The van der Waals surface area contributed by atoms with Gasteiger partial charge in [0.1, 0.15) is 5.60 Å². The van der Waals surface area contributed by atoms with E-state index in [0.717, 1.165) is 58.1 Å². The van der Waals surface area contributed by atoms with Crippen molar-refractivity contribution in [2.24, 2.45) is 5.92 Å². The second kappa shape index (κ2) is 11.3. The van der Waals surface area contributed by atoms with Gasteiger partial charge in [0.25, 0.3) is 0 Å². The van der Waals surface area contributed by atoms with Crippen LogP contribution in [0.15, 0.2) is 34.8 Å². The van der Waals surface area contributed by atoms with Gasteiger partial charge in [-0.1, -0.05) is 58.6 Å². The first-order valence-electron chi connectivity index (χ1n) is 12.0. The third kappa shape index (κ3) is 6.85. The number of amides is 1. The third-order valence-electron chi connectivity index (χ3n) is 6.49. The Morgan fingerprint density at radius 1 is 1.18 bits per heavy atom. The summed E-state index contributed by atoms with van der Waals surface area (Å²) in [7, 11) is 0. The molecular weight excluding hydrogens is 514 g/mol. The van der Waals surface area contributed by atoms with Crippen LogP contribution >= 0.6 is 27.5 Å². The fourth-order valence-electron chi connectivity index (χ4n) is 4.75. The van der Waals surface area contributed by atoms with E-state index in [1.807, 2.05) is 65.0 Å². The Labute approximate surface area is 216 Å². The molecule has 1 atom stereocenters. The van der Waals surface area contributed by atoms with E-state index in [9.17, 15) is 9.59 Å². The normalized spacial score (nSPS) is 15.3. The molecule has 0 heterocycles. The first kappa shape index (κ1) is 26.7. The molecule has 0 saturated heterocycles. The SMILES string of the molecule is Cc1cc([C@H](C(=O)Nc2cccc(CCC(=O)OC(C)(C)C)c2C)C2CCCC2)c(Cl)cc1Br. The molecule has 0 unspecified atom stereocenters. The number of hydrogen-bond donors (Lipinski definition) is 1. The number of halogens is 2. The van der Waals surface area contributed by atoms with Crippen LogP contribution in [0.4, 0.5) is 5.69 Å². The molecule has 6 heteroatoms. The van der Waals surface area contributed by atoms with Gasteiger partial charge in [0.15, 0.2) is 0 Å². The summed E-state index contributed by atoms with van der Waals surface area (Å²) in [6.45, 7) is 9.61. The second-order valence-electron chi connectivity index (χ2n) is 10.3. The Kier molecular flexibility index (Phi) is 8.86. The van der Waals surface area contributed by atoms with Gasteiger partial charge in [0.2, 0.25) is 5.91 Å². The highest BCUT2D eigenvalue weighted by atomic mass is 79.9. The minimum atomic E-state index is -0.496. The summed E-state index contributed by atoms with van der Waals surface area (Å²) in [6.07, 6.45) is 5.20. The molecule has 2 aromatic carbocycles. The zero-order valence-electron chi connectivity index (χ0n) is 20.8. The molecule has 1 saturated carbocycles. The first-order valence-corrected chi connectivity index (χ1v) is 13.2. The van der Waals surface area contributed by atoms with Crippen LogP contribution in [0.1, 0.15) is 81.0 Å². The number of ether oxygens (including phenoxy) is 1. The lowest BCUT2D eigenvalue weighted by Gasteiger charge is -2.25. The quantitative estimate of drug-likeness (QED) is 0.358. The predicted octanol–water partition coefficient (Wildman–Crippen LogP) is 7.91. The molecule has 0 radical (unpaired) electrons. The monoisotopic (exact) mass is 547 g/mol. The lowest BCUT2D eigenvalue weighted by Crippen LogP contribution is -2.27. The number of aryl methyl sites for hydroxylation is 2. The van der Waals surface area contributed by atoms with Crippen LogP contribution in [0.5, 0.6) is 0 Å². The number of anilines is 1. The number of nitrogens with one attached hydrogen (secondary N) is 1. The van der Waals surface area contributed by atoms with Crippen molar-refractivity contribution in [2.45, 2.75) is 84.7 Å². The molecule has 184 valence electrons. The van der Waals surface area contributed by atoms with E-state index in [1.165, 1.54) is 0 Å². The Hall–Kier alpha value is -1.85. The van der Waals surface area contributed by atoms with E-state index in [-0.39, 0.29) is 23.7 Å². The van der Waals surface area contributed by atoms with Crippen molar-refractivity contribution in [3.63, 3.8) is 0 Å². The standard InChI is InChI=1S/C28H35BrClNO3/c1-17-15-21(23(30)16-22(17)29)26(20-9-6-7-10-20)27(33)31-24-12-8-11-19(18(24)2)13-14-25(32)34-28(3,4)5/h8,11-12,15-16,20,26H,6-7,9-10,13-14H2,1-5H3,(H,31,33)/t26-/m1/s1. The molecule has 3 rings (SSSR count). The van der Waals surface area contributed by atoms with E-state index in [1.54, 1.807) is 0 Å². The van der Waals surface area contributed by atoms with Crippen molar-refractivity contribution in [2.75, 3.05) is 5.32 Å². The van der Waals surface area contributed by atoms with Gasteiger partial charge in [0.05, 0.1) is 5.92 Å². The molecule has 1 aliphatic rings. The topological polar surface area (TPSA) is 55.4 Å². The van der Waals surface area contributed by atoms with Gasteiger partial charge in [-0.3, -0.25) is 9.59 Å². The van der Waals surface area contributed by atoms with Gasteiger partial charge >= 0.3 is 5.97 Å². The fraction of sp³-hybridized carbons (Fsp3) is 0.500. The highest BCUT2D eigenvalue weighted by Gasteiger charge is 2.34. The van der Waals surface area contributed by atoms with Crippen LogP contribution in [0, 0.1) is 19.8 Å². The van der Waals surface area contributed by atoms with Crippen LogP contribution in [0.2, 0.25) is 5.02 Å². The second-order valence-corrected chi connectivity index (χ2v) is 11.6. The molecular formula is C28H35BrClNO3. The molecule has 0 bridgehead atoms. The van der Waals surface area contributed by atoms with Crippen molar-refractivity contribution in [3.8, 4) is 0 Å². The minimum absolute atomic E-state index is 0.0251. The van der Waals surface area contributed by atoms with Crippen LogP contribution in [-0.4, -0.2) is 17.5 Å². The molecule has 2 aromatic rings. The van der Waals surface area contributed by atoms with E-state index < -0.39 is 5.60 Å². The van der Waals surface area contributed by atoms with E-state index in [4.69, 9.17) is 16.3 Å². The van der Waals surface area contributed by atoms with Crippen LogP contribution < -0.4 is 5.32 Å². The average molecular weight is 549 g/mol. The lowest BCUT2D eigenvalue weighted by molar-refractivity contribution is -0.154. The van der Waals surface area contributed by atoms with Crippen molar-refractivity contribution < 1.29 is 14.3 Å². The molecule has 34 heavy (non-hydrogen) atoms. The summed E-state index contributed by atoms with van der Waals surface area (Å²) in [5, 5.41) is 3.81. The summed E-state index contributed by atoms with van der Waals surface area (Å²) < 4.78 is 6.38. The van der Waals surface area contributed by atoms with Crippen LogP contribution in [-0.2, 0) is 20.7 Å². The number of carbonyl (C=O) groups excluding carboxylic acids is 2. The number of esters is 1. The lowest BCUT2D eigenvalue weighted by atomic mass is 9.83. The maximum absolute atomic E-state index is 13.7. The van der Waals surface area contributed by atoms with Gasteiger partial charge in [-0.2, -0.15) is 0 Å². The summed E-state index contributed by atoms with van der Waals surface area (Å²) in [4.78, 5) is 25.9. The number of benzene rings is 2. The van der Waals surface area contributed by atoms with Gasteiger partial charge in [-0.05, 0) is 94.2 Å². The van der Waals surface area contributed by atoms with Crippen LogP contribution in [0.25, 0.3) is 0 Å². The Bertz CT molecular complexity index is 1050. The molecule has 4 nitrogen and oxygen atoms in total. The van der Waals surface area contributed by atoms with Crippen molar-refractivity contribution in [1.29, 1.82) is 0 Å². The van der Waals surface area contributed by atoms with Crippen molar-refractivity contribution in [1.82, 2.24) is 0 Å². The molecule has 1 aliphatic carbocycles. The zero-order chi connectivity index (χ0) is 25.0. The predicted molar refractivity (Wildman–Crippen MR) is 143 cm³/mol. The first-order chi connectivity index (χ1) is 16.0. The number of rotatable bonds is 7. The Balaban J connectivity index is 1.81. The minimum Gasteiger partial charge on any atom is -0.460 e. The molecule has 0 spiro atoms. The summed E-state index contributed by atoms with van der Waals surface area (Å²) in [6, 6.07) is 9.78. The fourth-order valence-corrected chi connectivity index (χ4v) is 5.50. The molecule has 1 N–H and O–H groups in total. The van der Waals surface area contributed by atoms with Crippen molar-refractivity contribution in [3.05, 3.63) is 62.1 Å². The summed E-state index contributed by atoms with van der Waals surface area (Å²) >= 11 is 10.2. The van der Waals surface area contributed by atoms with Crippen LogP contribution in [0.3, 0.4) is 0 Å². The smallest absolute Gasteiger partial charge is 0.306 e. The maximum atomic E-state index is 13.7. The van der Waals surface area contributed by atoms with Gasteiger partial charge in [-0.15, -0.1) is 0 Å². The molecule has 1 amide bonds. The van der Waals surface area contributed by atoms with E-state index in [0.29, 0.717) is 17.9 Å². The maximum Gasteiger partial charge on any atom is 0.306 e. The summed E-state index contributed by atoms with van der Waals surface area (Å²) in [5.74, 6) is -0.272. The largest absolute Gasteiger partial charge is 0.460 e. The number of hydrogen-bond acceptors (Lipinski definition) is 3. The zero-order valence-corrected chi connectivity index (χ0v) is 23.1. The molecule has 1 fully saturated rings. The molecule has 0 aromatic heterocycles. The van der Waals surface area contributed by atoms with Gasteiger partial charge in [0, 0.05) is 21.6 Å². The molecule has 0 aliphatic heterocycles. The van der Waals surface area contributed by atoms with Crippen molar-refractivity contribution >= 4 is 45.1 Å². The highest BCUT2D eigenvalue weighted by Crippen LogP contribution is 2.42. The van der Waals surface area contributed by atoms with E-state index >= 15 is 0 Å². The van der Waals surface area contributed by atoms with Gasteiger partial charge in [-0.25, -0.2) is 0 Å². The summed E-state index contributed by atoms with van der Waals surface area (Å²) in [5.41, 5.74) is 4.24. The third-order valence-corrected chi connectivity index (χ3v) is 7.67. The highest BCUT2D eigenvalue weighted by molar-refractivity contribution is 9.10. The number of carbonyl (C=O) groups is 2. The average Bonchev–Trinajstić information content (AvgIpc) is 3.25. The van der Waals surface area contributed by atoms with Gasteiger partial charge < -0.3 is 10.1 Å².